The molecule has 1 unspecified atom stereocenters. The van der Waals surface area contributed by atoms with Crippen LogP contribution in [0.15, 0.2) is 42.5 Å². The third-order valence-corrected chi connectivity index (χ3v) is 4.08. The summed E-state index contributed by atoms with van der Waals surface area (Å²) in [4.78, 5) is 2.47. The predicted molar refractivity (Wildman–Crippen MR) is 77.7 cm³/mol. The Morgan fingerprint density at radius 2 is 1.94 bits per heavy atom. The van der Waals surface area contributed by atoms with E-state index in [1.807, 2.05) is 0 Å². The van der Waals surface area contributed by atoms with Gasteiger partial charge >= 0.3 is 0 Å². The molecular formula is C17H20N. The lowest BCUT2D eigenvalue weighted by atomic mass is 9.87. The Kier molecular flexibility index (Phi) is 3.33. The molecule has 0 aliphatic carbocycles. The Morgan fingerprint density at radius 3 is 2.83 bits per heavy atom. The third-order valence-electron chi connectivity index (χ3n) is 4.08. The highest BCUT2D eigenvalue weighted by Gasteiger charge is 2.21. The number of likely N-dealkylation sites (tertiary alicyclic amines) is 1. The summed E-state index contributed by atoms with van der Waals surface area (Å²) in [6.45, 7) is 7.33. The summed E-state index contributed by atoms with van der Waals surface area (Å²) in [7, 11) is 0. The highest BCUT2D eigenvalue weighted by atomic mass is 15.1. The molecule has 1 fully saturated rings. The smallest absolute Gasteiger partial charge is 0.00505 e. The highest BCUT2D eigenvalue weighted by Crippen LogP contribution is 2.31. The second-order valence-corrected chi connectivity index (χ2v) is 5.21. The molecule has 93 valence electrons. The largest absolute Gasteiger partial charge is 0.303 e. The van der Waals surface area contributed by atoms with Gasteiger partial charge in [0.1, 0.15) is 0 Å². The Morgan fingerprint density at radius 1 is 1.11 bits per heavy atom. The maximum atomic E-state index is 4.03. The fraction of sp³-hybridized carbons (Fsp3) is 0.353. The predicted octanol–water partition coefficient (Wildman–Crippen LogP) is 3.85. The van der Waals surface area contributed by atoms with Gasteiger partial charge in [-0.1, -0.05) is 42.5 Å². The van der Waals surface area contributed by atoms with E-state index in [0.717, 1.165) is 13.1 Å². The number of benzene rings is 2. The normalized spacial score (nSPS) is 21.3. The average Bonchev–Trinajstić information content (AvgIpc) is 2.47. The lowest BCUT2D eigenvalue weighted by Crippen LogP contribution is -2.34. The molecule has 1 aliphatic heterocycles. The van der Waals surface area contributed by atoms with Crippen molar-refractivity contribution in [3.05, 3.63) is 55.0 Å². The summed E-state index contributed by atoms with van der Waals surface area (Å²) in [5.41, 5.74) is 1.52. The van der Waals surface area contributed by atoms with Crippen LogP contribution in [0.4, 0.5) is 0 Å². The SMILES string of the molecule is [CH2]CN1CCCC(c2cccc3ccccc23)C1. The van der Waals surface area contributed by atoms with E-state index in [-0.39, 0.29) is 0 Å². The van der Waals surface area contributed by atoms with Gasteiger partial charge in [0.05, 0.1) is 0 Å². The maximum Gasteiger partial charge on any atom is 0.00505 e. The molecule has 2 aromatic rings. The van der Waals surface area contributed by atoms with Crippen molar-refractivity contribution in [3.8, 4) is 0 Å². The van der Waals surface area contributed by atoms with Crippen molar-refractivity contribution in [3.63, 3.8) is 0 Å². The topological polar surface area (TPSA) is 3.24 Å². The molecular weight excluding hydrogens is 218 g/mol. The van der Waals surface area contributed by atoms with Crippen LogP contribution in [0.1, 0.15) is 24.3 Å². The second-order valence-electron chi connectivity index (χ2n) is 5.21. The Hall–Kier alpha value is -1.34. The first-order valence-corrected chi connectivity index (χ1v) is 6.88. The first-order chi connectivity index (χ1) is 8.88. The average molecular weight is 238 g/mol. The van der Waals surface area contributed by atoms with Crippen molar-refractivity contribution >= 4 is 10.8 Å². The standard InChI is InChI=1S/C17H20N/c1-2-18-12-6-9-15(13-18)17-11-5-8-14-7-3-4-10-16(14)17/h3-5,7-8,10-11,15H,1-2,6,9,12-13H2. The van der Waals surface area contributed by atoms with Crippen LogP contribution in [0.2, 0.25) is 0 Å². The molecule has 0 bridgehead atoms. The van der Waals surface area contributed by atoms with Gasteiger partial charge in [-0.25, -0.2) is 0 Å². The Balaban J connectivity index is 1.98. The molecule has 1 nitrogen and oxygen atoms in total. The monoisotopic (exact) mass is 238 g/mol. The quantitative estimate of drug-likeness (QED) is 0.768. The number of nitrogens with zero attached hydrogens (tertiary/aromatic N) is 1. The van der Waals surface area contributed by atoms with Gasteiger partial charge in [0.15, 0.2) is 0 Å². The van der Waals surface area contributed by atoms with E-state index in [1.54, 1.807) is 0 Å². The number of fused-ring (bicyclic) bond motifs is 1. The van der Waals surface area contributed by atoms with Crippen molar-refractivity contribution in [1.82, 2.24) is 4.90 Å². The molecule has 1 heteroatoms. The van der Waals surface area contributed by atoms with Crippen molar-refractivity contribution in [1.29, 1.82) is 0 Å². The molecule has 0 N–H and O–H groups in total. The molecule has 1 heterocycles. The summed E-state index contributed by atoms with van der Waals surface area (Å²) in [6.07, 6.45) is 2.61. The van der Waals surface area contributed by atoms with E-state index in [2.05, 4.69) is 54.3 Å². The van der Waals surface area contributed by atoms with Crippen LogP contribution < -0.4 is 0 Å². The van der Waals surface area contributed by atoms with Gasteiger partial charge in [0.25, 0.3) is 0 Å². The molecule has 0 amide bonds. The van der Waals surface area contributed by atoms with Crippen LogP contribution in [0, 0.1) is 6.92 Å². The van der Waals surface area contributed by atoms with Gasteiger partial charge in [0, 0.05) is 6.54 Å². The van der Waals surface area contributed by atoms with Crippen LogP contribution in [0.25, 0.3) is 10.8 Å². The fourth-order valence-corrected chi connectivity index (χ4v) is 3.12. The van der Waals surface area contributed by atoms with Gasteiger partial charge in [-0.05, 0) is 55.1 Å². The summed E-state index contributed by atoms with van der Waals surface area (Å²) in [6, 6.07) is 15.4. The molecule has 1 saturated heterocycles. The molecule has 1 radical (unpaired) electrons. The molecule has 18 heavy (non-hydrogen) atoms. The molecule has 0 aromatic heterocycles. The molecule has 0 saturated carbocycles. The summed E-state index contributed by atoms with van der Waals surface area (Å²) in [5, 5.41) is 2.79. The first kappa shape index (κ1) is 11.7. The molecule has 3 rings (SSSR count). The van der Waals surface area contributed by atoms with E-state index in [1.165, 1.54) is 35.7 Å². The van der Waals surface area contributed by atoms with Crippen LogP contribution in [0.3, 0.4) is 0 Å². The lowest BCUT2D eigenvalue weighted by molar-refractivity contribution is 0.228. The zero-order valence-corrected chi connectivity index (χ0v) is 10.8. The van der Waals surface area contributed by atoms with Gasteiger partial charge < -0.3 is 4.90 Å². The van der Waals surface area contributed by atoms with Crippen LogP contribution in [0.5, 0.6) is 0 Å². The highest BCUT2D eigenvalue weighted by molar-refractivity contribution is 5.86. The summed E-state index contributed by atoms with van der Waals surface area (Å²) >= 11 is 0. The first-order valence-electron chi connectivity index (χ1n) is 6.88. The van der Waals surface area contributed by atoms with E-state index in [0.29, 0.717) is 5.92 Å². The van der Waals surface area contributed by atoms with Gasteiger partial charge in [-0.2, -0.15) is 0 Å². The zero-order valence-electron chi connectivity index (χ0n) is 10.8. The number of rotatable bonds is 2. The van der Waals surface area contributed by atoms with E-state index < -0.39 is 0 Å². The lowest BCUT2D eigenvalue weighted by Gasteiger charge is -2.32. The number of piperidine rings is 1. The molecule has 1 atom stereocenters. The number of hydrogen-bond acceptors (Lipinski definition) is 1. The van der Waals surface area contributed by atoms with Crippen molar-refractivity contribution in [2.45, 2.75) is 18.8 Å². The van der Waals surface area contributed by atoms with Gasteiger partial charge in [-0.3, -0.25) is 0 Å². The maximum absolute atomic E-state index is 4.03. The van der Waals surface area contributed by atoms with E-state index in [4.69, 9.17) is 0 Å². The second kappa shape index (κ2) is 5.11. The van der Waals surface area contributed by atoms with Crippen LogP contribution in [-0.2, 0) is 0 Å². The van der Waals surface area contributed by atoms with Gasteiger partial charge in [0.2, 0.25) is 0 Å². The molecule has 1 aliphatic rings. The van der Waals surface area contributed by atoms with Crippen molar-refractivity contribution in [2.24, 2.45) is 0 Å². The molecule has 2 aromatic carbocycles. The Bertz CT molecular complexity index is 527. The van der Waals surface area contributed by atoms with Crippen LogP contribution >= 0.6 is 0 Å². The summed E-state index contributed by atoms with van der Waals surface area (Å²) in [5.74, 6) is 0.673. The third kappa shape index (κ3) is 2.15. The van der Waals surface area contributed by atoms with Gasteiger partial charge in [-0.15, -0.1) is 0 Å². The van der Waals surface area contributed by atoms with E-state index in [9.17, 15) is 0 Å². The zero-order chi connectivity index (χ0) is 12.4. The molecule has 0 spiro atoms. The minimum Gasteiger partial charge on any atom is -0.303 e. The van der Waals surface area contributed by atoms with Crippen LogP contribution in [-0.4, -0.2) is 24.5 Å². The minimum absolute atomic E-state index is 0.673. The minimum atomic E-state index is 0.673. The Labute approximate surface area is 109 Å². The van der Waals surface area contributed by atoms with Crippen molar-refractivity contribution < 1.29 is 0 Å². The number of hydrogen-bond donors (Lipinski definition) is 0. The van der Waals surface area contributed by atoms with E-state index >= 15 is 0 Å². The fourth-order valence-electron chi connectivity index (χ4n) is 3.12. The van der Waals surface area contributed by atoms with Crippen molar-refractivity contribution in [2.75, 3.05) is 19.6 Å². The summed E-state index contributed by atoms with van der Waals surface area (Å²) < 4.78 is 0.